The normalized spacial score (nSPS) is 14.6. The highest BCUT2D eigenvalue weighted by atomic mass is 16.5. The molecule has 0 spiro atoms. The van der Waals surface area contributed by atoms with Gasteiger partial charge in [-0.05, 0) is 48.7 Å². The van der Waals surface area contributed by atoms with Crippen molar-refractivity contribution in [1.82, 2.24) is 14.6 Å². The Morgan fingerprint density at radius 1 is 1.03 bits per heavy atom. The first kappa shape index (κ1) is 21.7. The third-order valence-corrected chi connectivity index (χ3v) is 6.33. The van der Waals surface area contributed by atoms with E-state index in [1.165, 1.54) is 18.8 Å². The van der Waals surface area contributed by atoms with Crippen LogP contribution in [0.15, 0.2) is 67.0 Å². The smallest absolute Gasteiger partial charge is 0.328 e. The standard InChI is InChI=1S/C27H26N4O3/c28-27-26-24(18-11-13-21(14-12-18)34-20-9-5-2-6-10-20)22(15-16-23(32)33)25(31(26)30-17-29-27)19-7-3-1-4-8-19/h2,5-6,9-17,19H,1,3-4,7-8H2,(H,32,33)(H2,28,29,30)/b16-15+. The van der Waals surface area contributed by atoms with Gasteiger partial charge >= 0.3 is 5.97 Å². The maximum absolute atomic E-state index is 11.4. The second kappa shape index (κ2) is 9.39. The first-order chi connectivity index (χ1) is 16.6. The maximum Gasteiger partial charge on any atom is 0.328 e. The quantitative estimate of drug-likeness (QED) is 0.351. The van der Waals surface area contributed by atoms with Crippen molar-refractivity contribution >= 4 is 23.4 Å². The lowest BCUT2D eigenvalue weighted by molar-refractivity contribution is -0.131. The Bertz CT molecular complexity index is 1340. The molecule has 1 saturated carbocycles. The number of carboxylic acid groups (broad SMARTS) is 1. The molecule has 5 rings (SSSR count). The van der Waals surface area contributed by atoms with E-state index in [9.17, 15) is 9.90 Å². The van der Waals surface area contributed by atoms with E-state index < -0.39 is 5.97 Å². The largest absolute Gasteiger partial charge is 0.478 e. The molecule has 0 unspecified atom stereocenters. The predicted molar refractivity (Wildman–Crippen MR) is 132 cm³/mol. The monoisotopic (exact) mass is 454 g/mol. The summed E-state index contributed by atoms with van der Waals surface area (Å²) < 4.78 is 7.81. The van der Waals surface area contributed by atoms with E-state index >= 15 is 0 Å². The fraction of sp³-hybridized carbons (Fsp3) is 0.222. The number of para-hydroxylation sites is 1. The number of ether oxygens (including phenoxy) is 1. The number of anilines is 1. The molecule has 7 nitrogen and oxygen atoms in total. The van der Waals surface area contributed by atoms with Gasteiger partial charge in [-0.25, -0.2) is 14.3 Å². The minimum absolute atomic E-state index is 0.276. The van der Waals surface area contributed by atoms with Gasteiger partial charge in [-0.15, -0.1) is 0 Å². The molecule has 7 heteroatoms. The Balaban J connectivity index is 1.66. The molecule has 1 fully saturated rings. The van der Waals surface area contributed by atoms with Crippen LogP contribution in [0.3, 0.4) is 0 Å². The third kappa shape index (κ3) is 4.24. The summed E-state index contributed by atoms with van der Waals surface area (Å²) in [4.78, 5) is 15.7. The van der Waals surface area contributed by atoms with Crippen LogP contribution in [0.25, 0.3) is 22.7 Å². The first-order valence-electron chi connectivity index (χ1n) is 11.5. The van der Waals surface area contributed by atoms with Crippen LogP contribution < -0.4 is 10.5 Å². The molecule has 3 N–H and O–H groups in total. The number of nitrogens with two attached hydrogens (primary N) is 1. The Hall–Kier alpha value is -4.13. The van der Waals surface area contributed by atoms with Gasteiger partial charge in [-0.3, -0.25) is 0 Å². The number of benzene rings is 2. The highest BCUT2D eigenvalue weighted by Crippen LogP contribution is 2.43. The summed E-state index contributed by atoms with van der Waals surface area (Å²) in [6, 6.07) is 17.3. The van der Waals surface area contributed by atoms with Gasteiger partial charge in [-0.2, -0.15) is 5.10 Å². The molecule has 1 aliphatic rings. The van der Waals surface area contributed by atoms with Crippen LogP contribution in [0.1, 0.15) is 49.3 Å². The highest BCUT2D eigenvalue weighted by molar-refractivity contribution is 5.97. The topological polar surface area (TPSA) is 103 Å². The lowest BCUT2D eigenvalue weighted by Crippen LogP contribution is -2.10. The minimum atomic E-state index is -0.999. The number of hydrogen-bond acceptors (Lipinski definition) is 5. The van der Waals surface area contributed by atoms with Crippen LogP contribution in [0.4, 0.5) is 5.82 Å². The van der Waals surface area contributed by atoms with Gasteiger partial charge in [0, 0.05) is 23.1 Å². The summed E-state index contributed by atoms with van der Waals surface area (Å²) in [5.41, 5.74) is 10.6. The zero-order chi connectivity index (χ0) is 23.5. The minimum Gasteiger partial charge on any atom is -0.478 e. The molecular formula is C27H26N4O3. The number of rotatable bonds is 6. The highest BCUT2D eigenvalue weighted by Gasteiger charge is 2.28. The van der Waals surface area contributed by atoms with E-state index in [4.69, 9.17) is 10.5 Å². The van der Waals surface area contributed by atoms with Crippen molar-refractivity contribution < 1.29 is 14.6 Å². The van der Waals surface area contributed by atoms with Crippen molar-refractivity contribution in [3.05, 3.63) is 78.3 Å². The molecule has 0 radical (unpaired) electrons. The number of aliphatic carboxylic acids is 1. The van der Waals surface area contributed by atoms with Crippen molar-refractivity contribution in [3.8, 4) is 22.6 Å². The van der Waals surface area contributed by atoms with Gasteiger partial charge in [0.2, 0.25) is 0 Å². The lowest BCUT2D eigenvalue weighted by atomic mass is 9.84. The Morgan fingerprint density at radius 3 is 2.44 bits per heavy atom. The summed E-state index contributed by atoms with van der Waals surface area (Å²) in [6.07, 6.45) is 9.88. The van der Waals surface area contributed by atoms with Gasteiger partial charge in [0.05, 0.1) is 5.69 Å². The SMILES string of the molecule is Nc1ncnn2c(C3CCCCC3)c(/C=C/C(=O)O)c(-c3ccc(Oc4ccccc4)cc3)c12. The zero-order valence-corrected chi connectivity index (χ0v) is 18.7. The fourth-order valence-electron chi connectivity index (χ4n) is 4.85. The van der Waals surface area contributed by atoms with Gasteiger partial charge in [-0.1, -0.05) is 49.6 Å². The third-order valence-electron chi connectivity index (χ3n) is 6.33. The maximum atomic E-state index is 11.4. The van der Waals surface area contributed by atoms with Gasteiger partial charge in [0.25, 0.3) is 0 Å². The summed E-state index contributed by atoms with van der Waals surface area (Å²) in [6.45, 7) is 0. The van der Waals surface area contributed by atoms with Crippen molar-refractivity contribution in [3.63, 3.8) is 0 Å². The molecule has 0 bridgehead atoms. The number of nitrogen functional groups attached to an aromatic ring is 1. The second-order valence-electron chi connectivity index (χ2n) is 8.53. The first-order valence-corrected chi connectivity index (χ1v) is 11.5. The molecule has 4 aromatic rings. The summed E-state index contributed by atoms with van der Waals surface area (Å²) in [5, 5.41) is 13.9. The average molecular weight is 455 g/mol. The second-order valence-corrected chi connectivity index (χ2v) is 8.53. The molecule has 0 atom stereocenters. The molecule has 172 valence electrons. The average Bonchev–Trinajstić information content (AvgIpc) is 3.20. The van der Waals surface area contributed by atoms with Gasteiger partial charge < -0.3 is 15.6 Å². The molecule has 1 aliphatic carbocycles. The van der Waals surface area contributed by atoms with Crippen LogP contribution in [0.5, 0.6) is 11.5 Å². The van der Waals surface area contributed by atoms with Crippen LogP contribution in [0.2, 0.25) is 0 Å². The molecule has 0 aliphatic heterocycles. The van der Waals surface area contributed by atoms with Crippen molar-refractivity contribution in [2.75, 3.05) is 5.73 Å². The molecule has 2 aromatic carbocycles. The van der Waals surface area contributed by atoms with Gasteiger partial charge in [0.15, 0.2) is 5.82 Å². The fourth-order valence-corrected chi connectivity index (χ4v) is 4.85. The van der Waals surface area contributed by atoms with Gasteiger partial charge in [0.1, 0.15) is 23.3 Å². The molecule has 34 heavy (non-hydrogen) atoms. The van der Waals surface area contributed by atoms with Crippen LogP contribution in [-0.4, -0.2) is 25.7 Å². The molecule has 0 saturated heterocycles. The van der Waals surface area contributed by atoms with Crippen LogP contribution in [-0.2, 0) is 4.79 Å². The van der Waals surface area contributed by atoms with Crippen molar-refractivity contribution in [2.45, 2.75) is 38.0 Å². The number of carbonyl (C=O) groups is 1. The zero-order valence-electron chi connectivity index (χ0n) is 18.7. The molecule has 0 amide bonds. The van der Waals surface area contributed by atoms with E-state index in [1.807, 2.05) is 59.1 Å². The molecular weight excluding hydrogens is 428 g/mol. The number of carboxylic acids is 1. The summed E-state index contributed by atoms with van der Waals surface area (Å²) >= 11 is 0. The number of fused-ring (bicyclic) bond motifs is 1. The van der Waals surface area contributed by atoms with Crippen molar-refractivity contribution in [1.29, 1.82) is 0 Å². The van der Waals surface area contributed by atoms with Crippen LogP contribution in [0, 0.1) is 0 Å². The molecule has 2 aromatic heterocycles. The number of nitrogens with zero attached hydrogens (tertiary/aromatic N) is 3. The summed E-state index contributed by atoms with van der Waals surface area (Å²) in [7, 11) is 0. The Morgan fingerprint density at radius 2 is 1.74 bits per heavy atom. The van der Waals surface area contributed by atoms with Crippen molar-refractivity contribution in [2.24, 2.45) is 0 Å². The van der Waals surface area contributed by atoms with E-state index in [2.05, 4.69) is 10.1 Å². The van der Waals surface area contributed by atoms with E-state index in [-0.39, 0.29) is 5.92 Å². The Kier molecular flexibility index (Phi) is 5.99. The number of hydrogen-bond donors (Lipinski definition) is 2. The van der Waals surface area contributed by atoms with E-state index in [1.54, 1.807) is 6.08 Å². The van der Waals surface area contributed by atoms with E-state index in [0.717, 1.165) is 53.8 Å². The summed E-state index contributed by atoms with van der Waals surface area (Å²) in [5.74, 6) is 1.10. The van der Waals surface area contributed by atoms with Crippen LogP contribution >= 0.6 is 0 Å². The lowest BCUT2D eigenvalue weighted by Gasteiger charge is -2.22. The number of aromatic nitrogens is 3. The predicted octanol–water partition coefficient (Wildman–Crippen LogP) is 5.92. The van der Waals surface area contributed by atoms with E-state index in [0.29, 0.717) is 17.1 Å². The molecule has 2 heterocycles. The Labute approximate surface area is 197 Å².